The Morgan fingerprint density at radius 1 is 1.25 bits per heavy atom. The van der Waals surface area contributed by atoms with Crippen LogP contribution in [0.3, 0.4) is 0 Å². The van der Waals surface area contributed by atoms with Gasteiger partial charge in [0.25, 0.3) is 0 Å². The van der Waals surface area contributed by atoms with Crippen molar-refractivity contribution in [1.29, 1.82) is 0 Å². The Hall–Kier alpha value is -1.81. The number of nitrogens with one attached hydrogen (secondary N) is 2. The number of rotatable bonds is 7. The van der Waals surface area contributed by atoms with Gasteiger partial charge in [-0.15, -0.1) is 24.0 Å². The van der Waals surface area contributed by atoms with Crippen LogP contribution in [-0.4, -0.2) is 55.4 Å². The van der Waals surface area contributed by atoms with E-state index in [1.807, 2.05) is 36.9 Å². The van der Waals surface area contributed by atoms with Crippen molar-refractivity contribution in [2.24, 2.45) is 12.0 Å². The fraction of sp³-hybridized carbons (Fsp3) is 0.500. The van der Waals surface area contributed by atoms with Gasteiger partial charge in [-0.3, -0.25) is 9.67 Å². The zero-order valence-corrected chi connectivity index (χ0v) is 20.2. The van der Waals surface area contributed by atoms with Gasteiger partial charge in [0.15, 0.2) is 5.96 Å². The molecule has 0 radical (unpaired) electrons. The zero-order valence-electron chi connectivity index (χ0n) is 17.9. The highest BCUT2D eigenvalue weighted by molar-refractivity contribution is 14.0. The van der Waals surface area contributed by atoms with Crippen molar-refractivity contribution in [2.45, 2.75) is 26.4 Å². The average molecular weight is 500 g/mol. The largest absolute Gasteiger partial charge is 0.496 e. The average Bonchev–Trinajstić information content (AvgIpc) is 2.90. The molecule has 1 unspecified atom stereocenters. The molecule has 0 aliphatic rings. The van der Waals surface area contributed by atoms with Crippen LogP contribution in [0.25, 0.3) is 0 Å². The number of benzene rings is 1. The van der Waals surface area contributed by atoms with Crippen molar-refractivity contribution in [1.82, 2.24) is 25.3 Å². The van der Waals surface area contributed by atoms with Crippen LogP contribution in [0.15, 0.2) is 29.3 Å². The van der Waals surface area contributed by atoms with E-state index >= 15 is 0 Å². The molecule has 0 saturated heterocycles. The molecular weight excluding hydrogens is 467 g/mol. The predicted molar refractivity (Wildman–Crippen MR) is 126 cm³/mol. The van der Waals surface area contributed by atoms with Crippen molar-refractivity contribution in [2.75, 3.05) is 34.8 Å². The molecule has 28 heavy (non-hydrogen) atoms. The van der Waals surface area contributed by atoms with E-state index in [0.29, 0.717) is 13.1 Å². The Labute approximate surface area is 185 Å². The van der Waals surface area contributed by atoms with Gasteiger partial charge in [0.05, 0.1) is 18.8 Å². The molecule has 1 aromatic heterocycles. The highest BCUT2D eigenvalue weighted by atomic mass is 127. The normalized spacial score (nSPS) is 12.5. The van der Waals surface area contributed by atoms with Crippen LogP contribution in [0.2, 0.25) is 0 Å². The third-order valence-corrected chi connectivity index (χ3v) is 4.90. The fourth-order valence-electron chi connectivity index (χ4n) is 3.17. The number of ether oxygens (including phenoxy) is 1. The first kappa shape index (κ1) is 24.2. The number of para-hydroxylation sites is 1. The van der Waals surface area contributed by atoms with Gasteiger partial charge >= 0.3 is 0 Å². The second-order valence-corrected chi connectivity index (χ2v) is 6.80. The van der Waals surface area contributed by atoms with Crippen molar-refractivity contribution in [3.8, 4) is 5.75 Å². The molecular formula is C20H33IN6O. The summed E-state index contributed by atoms with van der Waals surface area (Å²) >= 11 is 0. The van der Waals surface area contributed by atoms with Crippen molar-refractivity contribution in [3.05, 3.63) is 46.8 Å². The van der Waals surface area contributed by atoms with Gasteiger partial charge in [-0.1, -0.05) is 18.2 Å². The summed E-state index contributed by atoms with van der Waals surface area (Å²) in [5.74, 6) is 1.65. The van der Waals surface area contributed by atoms with Crippen molar-refractivity contribution in [3.63, 3.8) is 0 Å². The third kappa shape index (κ3) is 5.84. The number of hydrogen-bond acceptors (Lipinski definition) is 4. The Morgan fingerprint density at radius 3 is 2.46 bits per heavy atom. The maximum absolute atomic E-state index is 5.53. The Bertz CT molecular complexity index is 787. The summed E-state index contributed by atoms with van der Waals surface area (Å²) in [4.78, 5) is 6.53. The third-order valence-electron chi connectivity index (χ3n) is 4.90. The van der Waals surface area contributed by atoms with Crippen LogP contribution in [0, 0.1) is 13.8 Å². The van der Waals surface area contributed by atoms with E-state index in [9.17, 15) is 0 Å². The maximum Gasteiger partial charge on any atom is 0.191 e. The van der Waals surface area contributed by atoms with Crippen LogP contribution in [-0.2, 0) is 13.6 Å². The number of aryl methyl sites for hydroxylation is 2. The van der Waals surface area contributed by atoms with Gasteiger partial charge in [0.1, 0.15) is 5.75 Å². The SMILES string of the molecule is CN=C(NCc1c(C)nn(C)c1C)NCC(c1ccccc1OC)N(C)C.I. The molecule has 0 amide bonds. The molecule has 2 rings (SSSR count). The smallest absolute Gasteiger partial charge is 0.191 e. The molecule has 7 nitrogen and oxygen atoms in total. The number of hydrogen-bond donors (Lipinski definition) is 2. The van der Waals surface area contributed by atoms with E-state index in [-0.39, 0.29) is 30.0 Å². The molecule has 156 valence electrons. The lowest BCUT2D eigenvalue weighted by Crippen LogP contribution is -2.41. The minimum Gasteiger partial charge on any atom is -0.496 e. The Morgan fingerprint density at radius 2 is 1.93 bits per heavy atom. The lowest BCUT2D eigenvalue weighted by molar-refractivity contribution is 0.287. The summed E-state index contributed by atoms with van der Waals surface area (Å²) in [6, 6.07) is 8.27. The van der Waals surface area contributed by atoms with Gasteiger partial charge in [-0.25, -0.2) is 0 Å². The summed E-state index contributed by atoms with van der Waals surface area (Å²) < 4.78 is 7.44. The lowest BCUT2D eigenvalue weighted by Gasteiger charge is -2.27. The quantitative estimate of drug-likeness (QED) is 0.348. The first-order valence-corrected chi connectivity index (χ1v) is 9.12. The van der Waals surface area contributed by atoms with E-state index in [1.165, 1.54) is 5.56 Å². The van der Waals surface area contributed by atoms with Gasteiger partial charge in [-0.05, 0) is 34.0 Å². The van der Waals surface area contributed by atoms with Crippen LogP contribution >= 0.6 is 24.0 Å². The summed E-state index contributed by atoms with van der Waals surface area (Å²) in [5, 5.41) is 11.3. The van der Waals surface area contributed by atoms with Crippen LogP contribution in [0.4, 0.5) is 0 Å². The molecule has 8 heteroatoms. The van der Waals surface area contributed by atoms with Gasteiger partial charge in [-0.2, -0.15) is 5.10 Å². The molecule has 1 atom stereocenters. The predicted octanol–water partition coefficient (Wildman–Crippen LogP) is 2.63. The van der Waals surface area contributed by atoms with E-state index in [0.717, 1.165) is 28.7 Å². The van der Waals surface area contributed by atoms with Gasteiger partial charge in [0, 0.05) is 44.0 Å². The molecule has 0 fully saturated rings. The number of halogens is 1. The maximum atomic E-state index is 5.53. The fourth-order valence-corrected chi connectivity index (χ4v) is 3.17. The molecule has 0 aliphatic carbocycles. The summed E-state index contributed by atoms with van der Waals surface area (Å²) in [7, 11) is 9.59. The van der Waals surface area contributed by atoms with Crippen LogP contribution in [0.5, 0.6) is 5.75 Å². The molecule has 0 bridgehead atoms. The Balaban J connectivity index is 0.00000392. The van der Waals surface area contributed by atoms with E-state index in [2.05, 4.69) is 52.7 Å². The summed E-state index contributed by atoms with van der Waals surface area (Å²) in [5.41, 5.74) is 4.55. The molecule has 2 aromatic rings. The van der Waals surface area contributed by atoms with Crippen molar-refractivity contribution >= 4 is 29.9 Å². The lowest BCUT2D eigenvalue weighted by atomic mass is 10.0. The molecule has 0 saturated carbocycles. The molecule has 1 aromatic carbocycles. The Kier molecular flexibility index (Phi) is 9.74. The number of guanidine groups is 1. The second kappa shape index (κ2) is 11.3. The first-order valence-electron chi connectivity index (χ1n) is 9.12. The summed E-state index contributed by atoms with van der Waals surface area (Å²) in [6.45, 7) is 5.51. The van der Waals surface area contributed by atoms with Crippen LogP contribution < -0.4 is 15.4 Å². The standard InChI is InChI=1S/C20H32N6O.HI/c1-14-17(15(2)26(6)24-14)12-22-20(21-3)23-13-18(25(4)5)16-10-8-9-11-19(16)27-7;/h8-11,18H,12-13H2,1-7H3,(H2,21,22,23);1H. The van der Waals surface area contributed by atoms with Gasteiger partial charge in [0.2, 0.25) is 0 Å². The number of aliphatic imine (C=N–C) groups is 1. The number of methoxy groups -OCH3 is 1. The highest BCUT2D eigenvalue weighted by Crippen LogP contribution is 2.27. The first-order chi connectivity index (χ1) is 12.9. The minimum atomic E-state index is 0. The highest BCUT2D eigenvalue weighted by Gasteiger charge is 2.18. The topological polar surface area (TPSA) is 66.7 Å². The van der Waals surface area contributed by atoms with E-state index < -0.39 is 0 Å². The van der Waals surface area contributed by atoms with E-state index in [1.54, 1.807) is 14.2 Å². The number of likely N-dealkylation sites (N-methyl/N-ethyl adjacent to an activating group) is 1. The van der Waals surface area contributed by atoms with E-state index in [4.69, 9.17) is 4.74 Å². The van der Waals surface area contributed by atoms with Gasteiger partial charge < -0.3 is 20.3 Å². The molecule has 0 spiro atoms. The monoisotopic (exact) mass is 500 g/mol. The molecule has 1 heterocycles. The summed E-state index contributed by atoms with van der Waals surface area (Å²) in [6.07, 6.45) is 0. The number of nitrogens with zero attached hydrogens (tertiary/aromatic N) is 4. The second-order valence-electron chi connectivity index (χ2n) is 6.80. The number of aromatic nitrogens is 2. The molecule has 2 N–H and O–H groups in total. The molecule has 0 aliphatic heterocycles. The zero-order chi connectivity index (χ0) is 20.0. The van der Waals surface area contributed by atoms with Crippen molar-refractivity contribution < 1.29 is 4.74 Å². The van der Waals surface area contributed by atoms with Crippen LogP contribution in [0.1, 0.15) is 28.6 Å². The minimum absolute atomic E-state index is 0.